The van der Waals surface area contributed by atoms with Crippen LogP contribution in [0.5, 0.6) is 5.75 Å². The fourth-order valence-electron chi connectivity index (χ4n) is 1.76. The van der Waals surface area contributed by atoms with Gasteiger partial charge in [-0.3, -0.25) is 4.79 Å². The van der Waals surface area contributed by atoms with E-state index in [1.807, 2.05) is 44.2 Å². The van der Waals surface area contributed by atoms with Crippen LogP contribution in [0.3, 0.4) is 0 Å². The lowest BCUT2D eigenvalue weighted by Crippen LogP contribution is -2.28. The zero-order chi connectivity index (χ0) is 14.1. The van der Waals surface area contributed by atoms with Crippen molar-refractivity contribution in [1.29, 1.82) is 0 Å². The third-order valence-corrected chi connectivity index (χ3v) is 2.86. The van der Waals surface area contributed by atoms with Crippen molar-refractivity contribution in [3.05, 3.63) is 35.9 Å². The van der Waals surface area contributed by atoms with Crippen LogP contribution < -0.4 is 4.74 Å². The Morgan fingerprint density at radius 2 is 1.89 bits per heavy atom. The molecule has 1 rings (SSSR count). The lowest BCUT2D eigenvalue weighted by molar-refractivity contribution is -0.125. The molecule has 0 radical (unpaired) electrons. The Kier molecular flexibility index (Phi) is 6.72. The van der Waals surface area contributed by atoms with Crippen molar-refractivity contribution in [3.63, 3.8) is 0 Å². The van der Waals surface area contributed by atoms with Crippen LogP contribution in [0.4, 0.5) is 0 Å². The molecule has 0 bridgehead atoms. The average molecular weight is 261 g/mol. The van der Waals surface area contributed by atoms with Crippen LogP contribution in [0.25, 0.3) is 6.08 Å². The highest BCUT2D eigenvalue weighted by Gasteiger charge is 2.05. The number of hydrogen-bond donors (Lipinski definition) is 0. The second-order valence-corrected chi connectivity index (χ2v) is 4.23. The van der Waals surface area contributed by atoms with Crippen LogP contribution in [-0.4, -0.2) is 30.5 Å². The fourth-order valence-corrected chi connectivity index (χ4v) is 1.76. The maximum absolute atomic E-state index is 11.9. The molecule has 104 valence electrons. The maximum atomic E-state index is 11.9. The van der Waals surface area contributed by atoms with Gasteiger partial charge in [0.1, 0.15) is 5.75 Å². The van der Waals surface area contributed by atoms with Crippen LogP contribution in [0.2, 0.25) is 0 Å². The summed E-state index contributed by atoms with van der Waals surface area (Å²) < 4.78 is 5.66. The molecule has 0 N–H and O–H groups in total. The Labute approximate surface area is 115 Å². The summed E-state index contributed by atoms with van der Waals surface area (Å²) in [6, 6.07) is 7.77. The van der Waals surface area contributed by atoms with E-state index < -0.39 is 0 Å². The second-order valence-electron chi connectivity index (χ2n) is 4.23. The number of amides is 1. The molecule has 0 aliphatic heterocycles. The molecule has 0 atom stereocenters. The average Bonchev–Trinajstić information content (AvgIpc) is 2.45. The zero-order valence-electron chi connectivity index (χ0n) is 12.1. The minimum Gasteiger partial charge on any atom is -0.493 e. The SMILES string of the molecule is CCCOc1ccccc1/C=C/C(=O)N(CC)CC. The largest absolute Gasteiger partial charge is 0.493 e. The third-order valence-electron chi connectivity index (χ3n) is 2.86. The summed E-state index contributed by atoms with van der Waals surface area (Å²) in [5, 5.41) is 0. The Morgan fingerprint density at radius 1 is 1.21 bits per heavy atom. The van der Waals surface area contributed by atoms with Crippen LogP contribution >= 0.6 is 0 Å². The summed E-state index contributed by atoms with van der Waals surface area (Å²) >= 11 is 0. The molecule has 0 aliphatic rings. The predicted octanol–water partition coefficient (Wildman–Crippen LogP) is 3.36. The van der Waals surface area contributed by atoms with Crippen molar-refractivity contribution < 1.29 is 9.53 Å². The van der Waals surface area contributed by atoms with Crippen LogP contribution in [0, 0.1) is 0 Å². The van der Waals surface area contributed by atoms with Gasteiger partial charge in [-0.1, -0.05) is 25.1 Å². The van der Waals surface area contributed by atoms with Gasteiger partial charge in [-0.2, -0.15) is 0 Å². The number of ether oxygens (including phenoxy) is 1. The first-order chi connectivity index (χ1) is 9.22. The van der Waals surface area contributed by atoms with Gasteiger partial charge in [0.05, 0.1) is 6.61 Å². The predicted molar refractivity (Wildman–Crippen MR) is 79.2 cm³/mol. The number of hydrogen-bond acceptors (Lipinski definition) is 2. The molecular weight excluding hydrogens is 238 g/mol. The van der Waals surface area contributed by atoms with Gasteiger partial charge in [-0.05, 0) is 32.4 Å². The Bertz CT molecular complexity index is 423. The standard InChI is InChI=1S/C16H23NO2/c1-4-13-19-15-10-8-7-9-14(15)11-12-16(18)17(5-2)6-3/h7-12H,4-6,13H2,1-3H3/b12-11+. The zero-order valence-corrected chi connectivity index (χ0v) is 12.1. The highest BCUT2D eigenvalue weighted by Crippen LogP contribution is 2.19. The third kappa shape index (κ3) is 4.78. The van der Waals surface area contributed by atoms with Crippen molar-refractivity contribution in [3.8, 4) is 5.75 Å². The molecule has 0 saturated heterocycles. The van der Waals surface area contributed by atoms with Crippen LogP contribution in [0.1, 0.15) is 32.8 Å². The summed E-state index contributed by atoms with van der Waals surface area (Å²) in [5.41, 5.74) is 0.941. The highest BCUT2D eigenvalue weighted by atomic mass is 16.5. The summed E-state index contributed by atoms with van der Waals surface area (Å²) in [6.45, 7) is 8.18. The first kappa shape index (κ1) is 15.3. The highest BCUT2D eigenvalue weighted by molar-refractivity contribution is 5.92. The quantitative estimate of drug-likeness (QED) is 0.704. The van der Waals surface area contributed by atoms with E-state index in [1.165, 1.54) is 0 Å². The van der Waals surface area contributed by atoms with E-state index in [-0.39, 0.29) is 5.91 Å². The molecule has 3 heteroatoms. The van der Waals surface area contributed by atoms with E-state index in [9.17, 15) is 4.79 Å². The molecule has 1 aromatic carbocycles. The number of benzene rings is 1. The van der Waals surface area contributed by atoms with E-state index in [0.29, 0.717) is 6.61 Å². The van der Waals surface area contributed by atoms with Gasteiger partial charge in [0, 0.05) is 24.7 Å². The molecule has 19 heavy (non-hydrogen) atoms. The first-order valence-electron chi connectivity index (χ1n) is 6.91. The number of carbonyl (C=O) groups excluding carboxylic acids is 1. The van der Waals surface area contributed by atoms with Crippen molar-refractivity contribution in [1.82, 2.24) is 4.90 Å². The molecule has 0 fully saturated rings. The topological polar surface area (TPSA) is 29.5 Å². The van der Waals surface area contributed by atoms with Crippen molar-refractivity contribution in [2.24, 2.45) is 0 Å². The van der Waals surface area contributed by atoms with E-state index in [4.69, 9.17) is 4.74 Å². The molecule has 0 aliphatic carbocycles. The van der Waals surface area contributed by atoms with Crippen LogP contribution in [0.15, 0.2) is 30.3 Å². The summed E-state index contributed by atoms with van der Waals surface area (Å²) in [6.07, 6.45) is 4.41. The molecule has 0 spiro atoms. The minimum atomic E-state index is 0.0373. The molecule has 3 nitrogen and oxygen atoms in total. The normalized spacial score (nSPS) is 10.7. The van der Waals surface area contributed by atoms with Gasteiger partial charge in [-0.25, -0.2) is 0 Å². The summed E-state index contributed by atoms with van der Waals surface area (Å²) in [7, 11) is 0. The molecule has 0 heterocycles. The van der Waals surface area contributed by atoms with Gasteiger partial charge in [0.2, 0.25) is 5.91 Å². The molecular formula is C16H23NO2. The molecule has 0 aromatic heterocycles. The summed E-state index contributed by atoms with van der Waals surface area (Å²) in [4.78, 5) is 13.7. The number of para-hydroxylation sites is 1. The van der Waals surface area contributed by atoms with E-state index in [1.54, 1.807) is 11.0 Å². The molecule has 0 unspecified atom stereocenters. The smallest absolute Gasteiger partial charge is 0.246 e. The maximum Gasteiger partial charge on any atom is 0.246 e. The van der Waals surface area contributed by atoms with Gasteiger partial charge in [-0.15, -0.1) is 0 Å². The lowest BCUT2D eigenvalue weighted by Gasteiger charge is -2.16. The van der Waals surface area contributed by atoms with E-state index >= 15 is 0 Å². The molecule has 0 saturated carbocycles. The molecule has 1 amide bonds. The van der Waals surface area contributed by atoms with Gasteiger partial charge in [0.15, 0.2) is 0 Å². The Morgan fingerprint density at radius 3 is 2.53 bits per heavy atom. The van der Waals surface area contributed by atoms with Crippen LogP contribution in [-0.2, 0) is 4.79 Å². The Hall–Kier alpha value is -1.77. The van der Waals surface area contributed by atoms with E-state index in [2.05, 4.69) is 6.92 Å². The monoisotopic (exact) mass is 261 g/mol. The first-order valence-corrected chi connectivity index (χ1v) is 6.91. The van der Waals surface area contributed by atoms with Crippen molar-refractivity contribution in [2.75, 3.05) is 19.7 Å². The van der Waals surface area contributed by atoms with Gasteiger partial charge < -0.3 is 9.64 Å². The lowest BCUT2D eigenvalue weighted by atomic mass is 10.2. The second kappa shape index (κ2) is 8.35. The minimum absolute atomic E-state index is 0.0373. The number of carbonyl (C=O) groups is 1. The Balaban J connectivity index is 2.78. The van der Waals surface area contributed by atoms with Gasteiger partial charge >= 0.3 is 0 Å². The molecule has 1 aromatic rings. The summed E-state index contributed by atoms with van der Waals surface area (Å²) in [5.74, 6) is 0.864. The number of rotatable bonds is 7. The van der Waals surface area contributed by atoms with Crippen molar-refractivity contribution in [2.45, 2.75) is 27.2 Å². The van der Waals surface area contributed by atoms with Gasteiger partial charge in [0.25, 0.3) is 0 Å². The number of likely N-dealkylation sites (N-methyl/N-ethyl adjacent to an activating group) is 1. The van der Waals surface area contributed by atoms with Crippen molar-refractivity contribution >= 4 is 12.0 Å². The van der Waals surface area contributed by atoms with E-state index in [0.717, 1.165) is 30.8 Å². The number of nitrogens with zero attached hydrogens (tertiary/aromatic N) is 1. The fraction of sp³-hybridized carbons (Fsp3) is 0.438.